The van der Waals surface area contributed by atoms with Crippen LogP contribution in [0.3, 0.4) is 0 Å². The van der Waals surface area contributed by atoms with Crippen LogP contribution in [0.1, 0.15) is 46.0 Å². The van der Waals surface area contributed by atoms with Crippen LogP contribution in [0, 0.1) is 5.41 Å². The minimum Gasteiger partial charge on any atom is -0.480 e. The van der Waals surface area contributed by atoms with Gasteiger partial charge in [-0.25, -0.2) is 0 Å². The Morgan fingerprint density at radius 1 is 1.33 bits per heavy atom. The molecule has 2 rings (SSSR count). The number of rotatable bonds is 5. The summed E-state index contributed by atoms with van der Waals surface area (Å²) in [5.74, 6) is -1.44. The smallest absolute Gasteiger partial charge is 0.319 e. The van der Waals surface area contributed by atoms with Crippen LogP contribution in [0.4, 0.5) is 0 Å². The maximum absolute atomic E-state index is 12.1. The molecule has 2 aliphatic rings. The first kappa shape index (κ1) is 13.3. The lowest BCUT2D eigenvalue weighted by Gasteiger charge is -2.26. The molecular formula is C13H21NO4. The monoisotopic (exact) mass is 255 g/mol. The van der Waals surface area contributed by atoms with Gasteiger partial charge in [-0.05, 0) is 46.0 Å². The van der Waals surface area contributed by atoms with Crippen molar-refractivity contribution < 1.29 is 19.4 Å². The van der Waals surface area contributed by atoms with Crippen molar-refractivity contribution in [3.8, 4) is 0 Å². The summed E-state index contributed by atoms with van der Waals surface area (Å²) < 4.78 is 5.63. The Labute approximate surface area is 107 Å². The van der Waals surface area contributed by atoms with E-state index in [1.807, 2.05) is 6.92 Å². The minimum atomic E-state index is -1.38. The largest absolute Gasteiger partial charge is 0.480 e. The standard InChI is InChI=1S/C13H21NO4/c1-8-3-6-10(18-8)7-13(2,12(16)17)11(15)14-9-4-5-9/h8-10H,3-7H2,1-2H3,(H,14,15)(H,16,17). The molecule has 0 aromatic rings. The third-order valence-corrected chi connectivity index (χ3v) is 3.84. The fourth-order valence-corrected chi connectivity index (χ4v) is 2.34. The molecule has 3 atom stereocenters. The second-order valence-electron chi connectivity index (χ2n) is 5.74. The summed E-state index contributed by atoms with van der Waals surface area (Å²) in [5, 5.41) is 12.1. The van der Waals surface area contributed by atoms with Gasteiger partial charge in [0.1, 0.15) is 5.41 Å². The van der Waals surface area contributed by atoms with Gasteiger partial charge in [0.25, 0.3) is 0 Å². The molecule has 5 heteroatoms. The van der Waals surface area contributed by atoms with Gasteiger partial charge in [0.15, 0.2) is 0 Å². The Hall–Kier alpha value is -1.10. The zero-order valence-electron chi connectivity index (χ0n) is 10.9. The average molecular weight is 255 g/mol. The summed E-state index contributed by atoms with van der Waals surface area (Å²) in [6.45, 7) is 3.47. The number of carbonyl (C=O) groups excluding carboxylic acids is 1. The highest BCUT2D eigenvalue weighted by molar-refractivity contribution is 6.01. The normalized spacial score (nSPS) is 30.8. The van der Waals surface area contributed by atoms with E-state index in [1.54, 1.807) is 0 Å². The maximum Gasteiger partial charge on any atom is 0.319 e. The van der Waals surface area contributed by atoms with Gasteiger partial charge in [-0.1, -0.05) is 0 Å². The van der Waals surface area contributed by atoms with Crippen molar-refractivity contribution in [2.75, 3.05) is 0 Å². The lowest BCUT2D eigenvalue weighted by molar-refractivity contribution is -0.157. The quantitative estimate of drug-likeness (QED) is 0.726. The van der Waals surface area contributed by atoms with Crippen LogP contribution in [0.5, 0.6) is 0 Å². The molecule has 2 fully saturated rings. The van der Waals surface area contributed by atoms with E-state index < -0.39 is 11.4 Å². The first-order valence-electron chi connectivity index (χ1n) is 6.61. The SMILES string of the molecule is CC1CCC(CC(C)(C(=O)O)C(=O)NC2CC2)O1. The van der Waals surface area contributed by atoms with Crippen LogP contribution < -0.4 is 5.32 Å². The summed E-state index contributed by atoms with van der Waals surface area (Å²) in [4.78, 5) is 23.5. The molecule has 1 saturated heterocycles. The lowest BCUT2D eigenvalue weighted by Crippen LogP contribution is -2.47. The number of hydrogen-bond donors (Lipinski definition) is 2. The molecule has 1 aliphatic carbocycles. The number of carbonyl (C=O) groups is 2. The van der Waals surface area contributed by atoms with Crippen molar-refractivity contribution in [1.82, 2.24) is 5.32 Å². The Morgan fingerprint density at radius 2 is 2.00 bits per heavy atom. The van der Waals surface area contributed by atoms with Crippen molar-refractivity contribution in [1.29, 1.82) is 0 Å². The number of hydrogen-bond acceptors (Lipinski definition) is 3. The van der Waals surface area contributed by atoms with Gasteiger partial charge >= 0.3 is 5.97 Å². The zero-order valence-corrected chi connectivity index (χ0v) is 10.9. The van der Waals surface area contributed by atoms with Crippen LogP contribution in [0.15, 0.2) is 0 Å². The van der Waals surface area contributed by atoms with E-state index in [0.29, 0.717) is 0 Å². The molecular weight excluding hydrogens is 234 g/mol. The van der Waals surface area contributed by atoms with Crippen LogP contribution >= 0.6 is 0 Å². The van der Waals surface area contributed by atoms with Gasteiger partial charge in [-0.15, -0.1) is 0 Å². The van der Waals surface area contributed by atoms with Crippen molar-refractivity contribution >= 4 is 11.9 Å². The molecule has 5 nitrogen and oxygen atoms in total. The summed E-state index contributed by atoms with van der Waals surface area (Å²) in [5.41, 5.74) is -1.38. The van der Waals surface area contributed by atoms with Crippen molar-refractivity contribution in [2.24, 2.45) is 5.41 Å². The van der Waals surface area contributed by atoms with Crippen molar-refractivity contribution in [2.45, 2.75) is 64.2 Å². The molecule has 1 aliphatic heterocycles. The number of carboxylic acids is 1. The van der Waals surface area contributed by atoms with E-state index in [2.05, 4.69) is 5.32 Å². The first-order chi connectivity index (χ1) is 8.41. The topological polar surface area (TPSA) is 75.6 Å². The Morgan fingerprint density at radius 3 is 2.44 bits per heavy atom. The molecule has 3 unspecified atom stereocenters. The minimum absolute atomic E-state index is 0.119. The van der Waals surface area contributed by atoms with Crippen LogP contribution in [-0.2, 0) is 14.3 Å². The van der Waals surface area contributed by atoms with Gasteiger partial charge in [-0.2, -0.15) is 0 Å². The molecule has 0 aromatic carbocycles. The first-order valence-corrected chi connectivity index (χ1v) is 6.61. The highest BCUT2D eigenvalue weighted by atomic mass is 16.5. The van der Waals surface area contributed by atoms with Gasteiger partial charge in [0, 0.05) is 6.04 Å². The summed E-state index contributed by atoms with van der Waals surface area (Å²) >= 11 is 0. The molecule has 1 saturated carbocycles. The highest BCUT2D eigenvalue weighted by Crippen LogP contribution is 2.33. The lowest BCUT2D eigenvalue weighted by atomic mass is 9.82. The molecule has 0 radical (unpaired) electrons. The third kappa shape index (κ3) is 2.83. The number of aliphatic carboxylic acids is 1. The van der Waals surface area contributed by atoms with E-state index in [-0.39, 0.29) is 30.6 Å². The summed E-state index contributed by atoms with van der Waals surface area (Å²) in [6, 6.07) is 0.180. The van der Waals surface area contributed by atoms with Gasteiger partial charge in [-0.3, -0.25) is 9.59 Å². The average Bonchev–Trinajstić information content (AvgIpc) is 3.01. The number of carboxylic acid groups (broad SMARTS) is 1. The summed E-state index contributed by atoms with van der Waals surface area (Å²) in [7, 11) is 0. The predicted molar refractivity (Wildman–Crippen MR) is 65.1 cm³/mol. The van der Waals surface area contributed by atoms with Crippen LogP contribution in [-0.4, -0.2) is 35.2 Å². The van der Waals surface area contributed by atoms with Crippen LogP contribution in [0.25, 0.3) is 0 Å². The molecule has 102 valence electrons. The fourth-order valence-electron chi connectivity index (χ4n) is 2.34. The van der Waals surface area contributed by atoms with Crippen molar-refractivity contribution in [3.63, 3.8) is 0 Å². The van der Waals surface area contributed by atoms with Gasteiger partial charge in [0.2, 0.25) is 5.91 Å². The number of ether oxygens (including phenoxy) is 1. The molecule has 1 heterocycles. The van der Waals surface area contributed by atoms with E-state index in [4.69, 9.17) is 4.74 Å². The zero-order chi connectivity index (χ0) is 13.3. The Kier molecular flexibility index (Phi) is 3.61. The van der Waals surface area contributed by atoms with Gasteiger partial charge in [0.05, 0.1) is 12.2 Å². The number of amides is 1. The maximum atomic E-state index is 12.1. The number of nitrogens with one attached hydrogen (secondary N) is 1. The fraction of sp³-hybridized carbons (Fsp3) is 0.846. The third-order valence-electron chi connectivity index (χ3n) is 3.84. The van der Waals surface area contributed by atoms with E-state index in [9.17, 15) is 14.7 Å². The summed E-state index contributed by atoms with van der Waals surface area (Å²) in [6.07, 6.45) is 3.98. The molecule has 0 bridgehead atoms. The molecule has 1 amide bonds. The second-order valence-corrected chi connectivity index (χ2v) is 5.74. The highest BCUT2D eigenvalue weighted by Gasteiger charge is 2.46. The Balaban J connectivity index is 2.00. The van der Waals surface area contributed by atoms with E-state index >= 15 is 0 Å². The van der Waals surface area contributed by atoms with E-state index in [1.165, 1.54) is 6.92 Å². The molecule has 0 aromatic heterocycles. The molecule has 0 spiro atoms. The molecule has 18 heavy (non-hydrogen) atoms. The van der Waals surface area contributed by atoms with Crippen LogP contribution in [0.2, 0.25) is 0 Å². The molecule has 2 N–H and O–H groups in total. The second kappa shape index (κ2) is 4.88. The van der Waals surface area contributed by atoms with Crippen molar-refractivity contribution in [3.05, 3.63) is 0 Å². The van der Waals surface area contributed by atoms with E-state index in [0.717, 1.165) is 25.7 Å². The predicted octanol–water partition coefficient (Wildman–Crippen LogP) is 1.31. The van der Waals surface area contributed by atoms with Gasteiger partial charge < -0.3 is 15.2 Å². The Bertz CT molecular complexity index is 353.